The molecule has 1 aliphatic heterocycles. The molecule has 0 bridgehead atoms. The molecule has 1 fully saturated rings. The number of ether oxygens (including phenoxy) is 2. The molecule has 23 heavy (non-hydrogen) atoms. The number of rotatable bonds is 4. The van der Waals surface area contributed by atoms with Crippen LogP contribution in [0.15, 0.2) is 18.2 Å². The standard InChI is InChI=1S/C18H25NO4/c1-12-5-6-16(13(2)11-12)23-14(3)17(20)19-9-7-15(8-10-19)18(21)22-4/h5-6,11,14-15H,7-10H2,1-4H3/t14-/m0/s1. The third kappa shape index (κ3) is 4.24. The fraction of sp³-hybridized carbons (Fsp3) is 0.556. The van der Waals surface area contributed by atoms with E-state index < -0.39 is 6.10 Å². The molecule has 5 heteroatoms. The van der Waals surface area contributed by atoms with Gasteiger partial charge in [-0.1, -0.05) is 17.7 Å². The van der Waals surface area contributed by atoms with Crippen molar-refractivity contribution in [3.63, 3.8) is 0 Å². The van der Waals surface area contributed by atoms with E-state index in [4.69, 9.17) is 9.47 Å². The Morgan fingerprint density at radius 1 is 1.22 bits per heavy atom. The molecule has 1 aromatic carbocycles. The molecule has 1 saturated heterocycles. The molecule has 126 valence electrons. The van der Waals surface area contributed by atoms with Crippen LogP contribution >= 0.6 is 0 Å². The van der Waals surface area contributed by atoms with Crippen molar-refractivity contribution in [2.45, 2.75) is 39.7 Å². The molecule has 5 nitrogen and oxygen atoms in total. The number of likely N-dealkylation sites (tertiary alicyclic amines) is 1. The van der Waals surface area contributed by atoms with Crippen molar-refractivity contribution >= 4 is 11.9 Å². The number of piperidine rings is 1. The van der Waals surface area contributed by atoms with E-state index in [2.05, 4.69) is 0 Å². The molecule has 0 radical (unpaired) electrons. The maximum atomic E-state index is 12.5. The second kappa shape index (κ2) is 7.49. The average molecular weight is 319 g/mol. The minimum atomic E-state index is -0.536. The zero-order chi connectivity index (χ0) is 17.0. The second-order valence-electron chi connectivity index (χ2n) is 6.15. The number of hydrogen-bond acceptors (Lipinski definition) is 4. The maximum absolute atomic E-state index is 12.5. The molecule has 2 rings (SSSR count). The maximum Gasteiger partial charge on any atom is 0.308 e. The van der Waals surface area contributed by atoms with Gasteiger partial charge >= 0.3 is 5.97 Å². The molecule has 0 saturated carbocycles. The van der Waals surface area contributed by atoms with Crippen molar-refractivity contribution < 1.29 is 19.1 Å². The third-order valence-corrected chi connectivity index (χ3v) is 4.32. The zero-order valence-corrected chi connectivity index (χ0v) is 14.3. The minimum absolute atomic E-state index is 0.0340. The monoisotopic (exact) mass is 319 g/mol. The van der Waals surface area contributed by atoms with Gasteiger partial charge in [0, 0.05) is 13.1 Å². The lowest BCUT2D eigenvalue weighted by atomic mass is 9.97. The lowest BCUT2D eigenvalue weighted by Gasteiger charge is -2.32. The number of carbonyl (C=O) groups excluding carboxylic acids is 2. The predicted molar refractivity (Wildman–Crippen MR) is 87.3 cm³/mol. The fourth-order valence-corrected chi connectivity index (χ4v) is 2.93. The van der Waals surface area contributed by atoms with Gasteiger partial charge < -0.3 is 14.4 Å². The van der Waals surface area contributed by atoms with Crippen LogP contribution < -0.4 is 4.74 Å². The van der Waals surface area contributed by atoms with Gasteiger partial charge in [0.1, 0.15) is 5.75 Å². The Morgan fingerprint density at radius 2 is 1.87 bits per heavy atom. The van der Waals surface area contributed by atoms with Crippen LogP contribution in [0.3, 0.4) is 0 Å². The van der Waals surface area contributed by atoms with Crippen LogP contribution in [-0.4, -0.2) is 43.1 Å². The Bertz CT molecular complexity index is 576. The molecule has 0 aliphatic carbocycles. The van der Waals surface area contributed by atoms with E-state index in [0.717, 1.165) is 11.3 Å². The smallest absolute Gasteiger partial charge is 0.308 e. The first-order chi connectivity index (χ1) is 10.9. The lowest BCUT2D eigenvalue weighted by Crippen LogP contribution is -2.45. The van der Waals surface area contributed by atoms with Crippen molar-refractivity contribution in [2.24, 2.45) is 5.92 Å². The van der Waals surface area contributed by atoms with Crippen molar-refractivity contribution in [1.29, 1.82) is 0 Å². The van der Waals surface area contributed by atoms with E-state index in [1.54, 1.807) is 11.8 Å². The van der Waals surface area contributed by atoms with Gasteiger partial charge in [-0.15, -0.1) is 0 Å². The summed E-state index contributed by atoms with van der Waals surface area (Å²) in [7, 11) is 1.40. The van der Waals surface area contributed by atoms with Gasteiger partial charge in [0.05, 0.1) is 13.0 Å². The topological polar surface area (TPSA) is 55.8 Å². The van der Waals surface area contributed by atoms with Crippen LogP contribution in [-0.2, 0) is 14.3 Å². The zero-order valence-electron chi connectivity index (χ0n) is 14.3. The largest absolute Gasteiger partial charge is 0.481 e. The Hall–Kier alpha value is -2.04. The van der Waals surface area contributed by atoms with Gasteiger partial charge in [-0.2, -0.15) is 0 Å². The van der Waals surface area contributed by atoms with Crippen LogP contribution in [0.25, 0.3) is 0 Å². The molecule has 1 aromatic rings. The number of benzene rings is 1. The average Bonchev–Trinajstić information content (AvgIpc) is 2.56. The summed E-state index contributed by atoms with van der Waals surface area (Å²) in [6.07, 6.45) is 0.759. The van der Waals surface area contributed by atoms with Crippen molar-refractivity contribution in [3.05, 3.63) is 29.3 Å². The summed E-state index contributed by atoms with van der Waals surface area (Å²) in [4.78, 5) is 25.8. The number of methoxy groups -OCH3 is 1. The fourth-order valence-electron chi connectivity index (χ4n) is 2.93. The van der Waals surface area contributed by atoms with E-state index in [1.165, 1.54) is 12.7 Å². The third-order valence-electron chi connectivity index (χ3n) is 4.32. The molecule has 1 amide bonds. The molecule has 0 spiro atoms. The van der Waals surface area contributed by atoms with E-state index >= 15 is 0 Å². The quantitative estimate of drug-likeness (QED) is 0.800. The van der Waals surface area contributed by atoms with Gasteiger partial charge in [0.15, 0.2) is 6.10 Å². The van der Waals surface area contributed by atoms with Gasteiger partial charge in [0.2, 0.25) is 0 Å². The molecular weight excluding hydrogens is 294 g/mol. The van der Waals surface area contributed by atoms with Gasteiger partial charge in [-0.05, 0) is 45.2 Å². The Kier molecular flexibility index (Phi) is 5.64. The minimum Gasteiger partial charge on any atom is -0.481 e. The first kappa shape index (κ1) is 17.3. The van der Waals surface area contributed by atoms with Crippen LogP contribution in [0.5, 0.6) is 5.75 Å². The normalized spacial score (nSPS) is 16.8. The molecule has 1 heterocycles. The van der Waals surface area contributed by atoms with Crippen molar-refractivity contribution in [2.75, 3.05) is 20.2 Å². The highest BCUT2D eigenvalue weighted by atomic mass is 16.5. The Labute approximate surface area is 137 Å². The summed E-state index contributed by atoms with van der Waals surface area (Å²) < 4.78 is 10.6. The van der Waals surface area contributed by atoms with E-state index in [-0.39, 0.29) is 17.8 Å². The van der Waals surface area contributed by atoms with E-state index in [1.807, 2.05) is 32.0 Å². The molecule has 0 aromatic heterocycles. The number of hydrogen-bond donors (Lipinski definition) is 0. The summed E-state index contributed by atoms with van der Waals surface area (Å²) in [5.74, 6) is 0.422. The Balaban J connectivity index is 1.92. The SMILES string of the molecule is COC(=O)C1CCN(C(=O)[C@H](C)Oc2ccc(C)cc2C)CC1. The van der Waals surface area contributed by atoms with E-state index in [9.17, 15) is 9.59 Å². The molecule has 1 aliphatic rings. The molecule has 0 unspecified atom stereocenters. The summed E-state index contributed by atoms with van der Waals surface area (Å²) in [5.41, 5.74) is 2.19. The highest BCUT2D eigenvalue weighted by molar-refractivity contribution is 5.81. The Morgan fingerprint density at radius 3 is 2.43 bits per heavy atom. The molecule has 1 atom stereocenters. The lowest BCUT2D eigenvalue weighted by molar-refractivity contribution is -0.150. The van der Waals surface area contributed by atoms with Crippen LogP contribution in [0, 0.1) is 19.8 Å². The first-order valence-corrected chi connectivity index (χ1v) is 8.03. The first-order valence-electron chi connectivity index (χ1n) is 8.03. The number of nitrogens with zero attached hydrogens (tertiary/aromatic N) is 1. The van der Waals surface area contributed by atoms with Gasteiger partial charge in [0.25, 0.3) is 5.91 Å². The second-order valence-corrected chi connectivity index (χ2v) is 6.15. The number of esters is 1. The summed E-state index contributed by atoms with van der Waals surface area (Å²) in [5, 5.41) is 0. The van der Waals surface area contributed by atoms with Gasteiger partial charge in [-0.25, -0.2) is 0 Å². The molecular formula is C18H25NO4. The summed E-state index contributed by atoms with van der Waals surface area (Å²) in [6.45, 7) is 6.91. The van der Waals surface area contributed by atoms with Crippen LogP contribution in [0.4, 0.5) is 0 Å². The van der Waals surface area contributed by atoms with E-state index in [0.29, 0.717) is 25.9 Å². The number of carbonyl (C=O) groups is 2. The highest BCUT2D eigenvalue weighted by Gasteiger charge is 2.30. The van der Waals surface area contributed by atoms with Gasteiger partial charge in [-0.3, -0.25) is 9.59 Å². The van der Waals surface area contributed by atoms with Crippen molar-refractivity contribution in [3.8, 4) is 5.75 Å². The number of amides is 1. The highest BCUT2D eigenvalue weighted by Crippen LogP contribution is 2.22. The summed E-state index contributed by atoms with van der Waals surface area (Å²) >= 11 is 0. The summed E-state index contributed by atoms with van der Waals surface area (Å²) in [6, 6.07) is 5.91. The number of aryl methyl sites for hydroxylation is 2. The molecule has 0 N–H and O–H groups in total. The predicted octanol–water partition coefficient (Wildman–Crippen LogP) is 2.48. The van der Waals surface area contributed by atoms with Crippen LogP contribution in [0.2, 0.25) is 0 Å². The van der Waals surface area contributed by atoms with Crippen molar-refractivity contribution in [1.82, 2.24) is 4.90 Å². The van der Waals surface area contributed by atoms with Crippen LogP contribution in [0.1, 0.15) is 30.9 Å².